The van der Waals surface area contributed by atoms with Crippen LogP contribution in [0.5, 0.6) is 5.75 Å². The summed E-state index contributed by atoms with van der Waals surface area (Å²) in [4.78, 5) is 0. The third-order valence-electron chi connectivity index (χ3n) is 3.90. The van der Waals surface area contributed by atoms with Crippen LogP contribution in [0.3, 0.4) is 0 Å². The summed E-state index contributed by atoms with van der Waals surface area (Å²) in [6.07, 6.45) is -4.67. The van der Waals surface area contributed by atoms with Gasteiger partial charge in [0.1, 0.15) is 30.2 Å². The Morgan fingerprint density at radius 1 is 1.04 bits per heavy atom. The van der Waals surface area contributed by atoms with Crippen LogP contribution in [0, 0.1) is 0 Å². The van der Waals surface area contributed by atoms with E-state index in [2.05, 4.69) is 0 Å². The molecule has 1 aromatic rings. The van der Waals surface area contributed by atoms with E-state index < -0.39 is 37.3 Å². The minimum Gasteiger partial charge on any atom is -0.497 e. The third-order valence-corrected chi connectivity index (χ3v) is 3.90. The van der Waals surface area contributed by atoms with Crippen LogP contribution >= 0.6 is 0 Å². The minimum atomic E-state index is -1.41. The highest BCUT2D eigenvalue weighted by Gasteiger charge is 2.43. The van der Waals surface area contributed by atoms with Gasteiger partial charge in [-0.1, -0.05) is 12.1 Å². The fraction of sp³-hybridized carbons (Fsp3) is 0.625. The summed E-state index contributed by atoms with van der Waals surface area (Å²) in [5.74, 6) is 0.798. The number of hydrogen-bond acceptors (Lipinski definition) is 7. The van der Waals surface area contributed by atoms with Crippen molar-refractivity contribution in [1.82, 2.24) is 0 Å². The highest BCUT2D eigenvalue weighted by atomic mass is 16.7. The Bertz CT molecular complexity index is 462. The Balaban J connectivity index is 1.76. The number of methoxy groups -OCH3 is 1. The van der Waals surface area contributed by atoms with E-state index in [0.29, 0.717) is 13.0 Å². The van der Waals surface area contributed by atoms with Crippen molar-refractivity contribution in [1.29, 1.82) is 0 Å². The van der Waals surface area contributed by atoms with Crippen molar-refractivity contribution in [2.45, 2.75) is 43.5 Å². The molecule has 1 aliphatic rings. The molecule has 1 aromatic carbocycles. The molecule has 2 rings (SSSR count). The maximum Gasteiger partial charge on any atom is 0.186 e. The summed E-state index contributed by atoms with van der Waals surface area (Å²) >= 11 is 0. The predicted molar refractivity (Wildman–Crippen MR) is 81.0 cm³/mol. The zero-order valence-electron chi connectivity index (χ0n) is 13.0. The molecular formula is C16H24O7. The van der Waals surface area contributed by atoms with Gasteiger partial charge in [0.2, 0.25) is 0 Å². The van der Waals surface area contributed by atoms with Gasteiger partial charge in [0, 0.05) is 0 Å². The van der Waals surface area contributed by atoms with Gasteiger partial charge in [-0.25, -0.2) is 0 Å². The number of ether oxygens (including phenoxy) is 3. The number of aliphatic hydroxyl groups is 4. The molecule has 130 valence electrons. The van der Waals surface area contributed by atoms with Crippen LogP contribution < -0.4 is 4.74 Å². The summed E-state index contributed by atoms with van der Waals surface area (Å²) in [6.45, 7) is -0.147. The smallest absolute Gasteiger partial charge is 0.186 e. The Morgan fingerprint density at radius 3 is 2.35 bits per heavy atom. The van der Waals surface area contributed by atoms with Gasteiger partial charge in [-0.3, -0.25) is 0 Å². The molecule has 1 fully saturated rings. The first-order valence-corrected chi connectivity index (χ1v) is 7.62. The lowest BCUT2D eigenvalue weighted by atomic mass is 9.99. The molecule has 0 radical (unpaired) electrons. The minimum absolute atomic E-state index is 0.314. The first-order chi connectivity index (χ1) is 11.1. The second kappa shape index (κ2) is 8.58. The molecule has 7 nitrogen and oxygen atoms in total. The van der Waals surface area contributed by atoms with Gasteiger partial charge >= 0.3 is 0 Å². The van der Waals surface area contributed by atoms with E-state index in [1.165, 1.54) is 0 Å². The first-order valence-electron chi connectivity index (χ1n) is 7.62. The Labute approximate surface area is 135 Å². The number of aliphatic hydroxyl groups excluding tert-OH is 4. The van der Waals surface area contributed by atoms with E-state index in [1.807, 2.05) is 24.3 Å². The van der Waals surface area contributed by atoms with Gasteiger partial charge in [-0.15, -0.1) is 0 Å². The molecule has 0 spiro atoms. The van der Waals surface area contributed by atoms with Crippen LogP contribution in [0.1, 0.15) is 12.0 Å². The van der Waals surface area contributed by atoms with E-state index in [9.17, 15) is 15.3 Å². The molecule has 0 aromatic heterocycles. The van der Waals surface area contributed by atoms with Gasteiger partial charge in [0.25, 0.3) is 0 Å². The van der Waals surface area contributed by atoms with Gasteiger partial charge in [-0.05, 0) is 30.5 Å². The zero-order valence-corrected chi connectivity index (χ0v) is 13.0. The summed E-state index contributed by atoms with van der Waals surface area (Å²) in [7, 11) is 1.61. The lowest BCUT2D eigenvalue weighted by Crippen LogP contribution is -2.59. The average molecular weight is 328 g/mol. The van der Waals surface area contributed by atoms with E-state index in [-0.39, 0.29) is 0 Å². The van der Waals surface area contributed by atoms with Crippen LogP contribution in [0.25, 0.3) is 0 Å². The number of aryl methyl sites for hydroxylation is 1. The van der Waals surface area contributed by atoms with Crippen LogP contribution in [0.4, 0.5) is 0 Å². The largest absolute Gasteiger partial charge is 0.497 e. The molecule has 0 amide bonds. The number of rotatable bonds is 7. The lowest BCUT2D eigenvalue weighted by Gasteiger charge is -2.39. The van der Waals surface area contributed by atoms with Crippen molar-refractivity contribution in [3.05, 3.63) is 29.8 Å². The van der Waals surface area contributed by atoms with Crippen molar-refractivity contribution >= 4 is 0 Å². The Kier molecular flexibility index (Phi) is 6.76. The van der Waals surface area contributed by atoms with Crippen molar-refractivity contribution in [2.75, 3.05) is 20.3 Å². The standard InChI is InChI=1S/C16H24O7/c1-21-11-6-4-10(5-7-11)3-2-8-22-16-15(20)14(19)13(18)12(9-17)23-16/h4-7,12-20H,2-3,8-9H2,1H3/t12-,13-,14+,15-,16?/m1/s1. The normalized spacial score (nSPS) is 31.1. The molecule has 4 N–H and O–H groups in total. The molecule has 0 saturated carbocycles. The second-order valence-corrected chi connectivity index (χ2v) is 5.52. The summed E-state index contributed by atoms with van der Waals surface area (Å²) in [6, 6.07) is 7.70. The van der Waals surface area contributed by atoms with E-state index >= 15 is 0 Å². The molecule has 0 bridgehead atoms. The molecule has 7 heteroatoms. The molecule has 23 heavy (non-hydrogen) atoms. The predicted octanol–water partition coefficient (Wildman–Crippen LogP) is -0.556. The van der Waals surface area contributed by atoms with Crippen LogP contribution in [0.2, 0.25) is 0 Å². The molecule has 1 heterocycles. The van der Waals surface area contributed by atoms with Crippen molar-refractivity contribution in [2.24, 2.45) is 0 Å². The van der Waals surface area contributed by atoms with Crippen molar-refractivity contribution in [3.8, 4) is 5.75 Å². The van der Waals surface area contributed by atoms with Gasteiger partial charge < -0.3 is 34.6 Å². The van der Waals surface area contributed by atoms with Crippen LogP contribution in [-0.2, 0) is 15.9 Å². The van der Waals surface area contributed by atoms with E-state index in [0.717, 1.165) is 17.7 Å². The molecule has 1 saturated heterocycles. The maximum atomic E-state index is 9.84. The SMILES string of the molecule is COc1ccc(CCCOC2O[C@H](CO)[C@@H](O)[C@H](O)[C@H]2O)cc1. The highest BCUT2D eigenvalue weighted by Crippen LogP contribution is 2.22. The topological polar surface area (TPSA) is 109 Å². The Morgan fingerprint density at radius 2 is 1.74 bits per heavy atom. The summed E-state index contributed by atoms with van der Waals surface area (Å²) in [5, 5.41) is 38.3. The van der Waals surface area contributed by atoms with E-state index in [4.69, 9.17) is 19.3 Å². The molecule has 5 atom stereocenters. The fourth-order valence-corrected chi connectivity index (χ4v) is 2.47. The molecular weight excluding hydrogens is 304 g/mol. The maximum absolute atomic E-state index is 9.84. The molecule has 1 unspecified atom stereocenters. The second-order valence-electron chi connectivity index (χ2n) is 5.52. The number of benzene rings is 1. The summed E-state index contributed by atoms with van der Waals surface area (Å²) in [5.41, 5.74) is 1.13. The number of hydrogen-bond donors (Lipinski definition) is 4. The fourth-order valence-electron chi connectivity index (χ4n) is 2.47. The molecule has 0 aliphatic carbocycles. The van der Waals surface area contributed by atoms with E-state index in [1.54, 1.807) is 7.11 Å². The third kappa shape index (κ3) is 4.63. The lowest BCUT2D eigenvalue weighted by molar-refractivity contribution is -0.301. The van der Waals surface area contributed by atoms with Crippen molar-refractivity contribution < 1.29 is 34.6 Å². The Hall–Kier alpha value is -1.22. The van der Waals surface area contributed by atoms with Crippen LogP contribution in [0.15, 0.2) is 24.3 Å². The van der Waals surface area contributed by atoms with Gasteiger partial charge in [0.05, 0.1) is 20.3 Å². The first kappa shape index (κ1) is 18.1. The van der Waals surface area contributed by atoms with Crippen molar-refractivity contribution in [3.63, 3.8) is 0 Å². The van der Waals surface area contributed by atoms with Gasteiger partial charge in [0.15, 0.2) is 6.29 Å². The summed E-state index contributed by atoms with van der Waals surface area (Å²) < 4.78 is 15.8. The zero-order chi connectivity index (χ0) is 16.8. The highest BCUT2D eigenvalue weighted by molar-refractivity contribution is 5.27. The monoisotopic (exact) mass is 328 g/mol. The van der Waals surface area contributed by atoms with Crippen LogP contribution in [-0.4, -0.2) is 71.5 Å². The average Bonchev–Trinajstić information content (AvgIpc) is 2.59. The molecule has 1 aliphatic heterocycles. The van der Waals surface area contributed by atoms with Gasteiger partial charge in [-0.2, -0.15) is 0 Å². The quantitative estimate of drug-likeness (QED) is 0.497.